The van der Waals surface area contributed by atoms with Gasteiger partial charge in [0.15, 0.2) is 0 Å². The van der Waals surface area contributed by atoms with Crippen molar-refractivity contribution in [2.45, 2.75) is 50.5 Å². The van der Waals surface area contributed by atoms with Gasteiger partial charge in [-0.15, -0.1) is 0 Å². The van der Waals surface area contributed by atoms with Crippen molar-refractivity contribution >= 4 is 33.3 Å². The number of likely N-dealkylation sites (tertiary alicyclic amines) is 1. The Bertz CT molecular complexity index is 1100. The molecule has 2 aliphatic rings. The van der Waals surface area contributed by atoms with Crippen LogP contribution in [0.25, 0.3) is 0 Å². The fraction of sp³-hybridized carbons (Fsp3) is 0.391. The predicted molar refractivity (Wildman–Crippen MR) is 120 cm³/mol. The Hall–Kier alpha value is -2.87. The number of amides is 3. The van der Waals surface area contributed by atoms with Crippen LogP contribution < -0.4 is 9.21 Å². The maximum atomic E-state index is 13.5. The number of benzene rings is 2. The number of urea groups is 1. The van der Waals surface area contributed by atoms with Gasteiger partial charge in [0.2, 0.25) is 5.91 Å². The monoisotopic (exact) mass is 441 g/mol. The highest BCUT2D eigenvalue weighted by Gasteiger charge is 2.43. The zero-order chi connectivity index (χ0) is 22.2. The van der Waals surface area contributed by atoms with Crippen LogP contribution in [0.3, 0.4) is 0 Å². The molecule has 2 heterocycles. The Labute approximate surface area is 183 Å². The summed E-state index contributed by atoms with van der Waals surface area (Å²) in [7, 11) is -4.09. The number of hydrogen-bond donors (Lipinski definition) is 0. The fourth-order valence-electron chi connectivity index (χ4n) is 4.37. The summed E-state index contributed by atoms with van der Waals surface area (Å²) in [5, 5.41) is 0. The molecule has 2 aromatic carbocycles. The van der Waals surface area contributed by atoms with Gasteiger partial charge >= 0.3 is 6.03 Å². The molecule has 0 saturated carbocycles. The molecule has 4 rings (SSSR count). The summed E-state index contributed by atoms with van der Waals surface area (Å²) >= 11 is 0. The second kappa shape index (κ2) is 8.34. The van der Waals surface area contributed by atoms with Crippen molar-refractivity contribution in [1.82, 2.24) is 4.90 Å². The molecule has 0 radical (unpaired) electrons. The lowest BCUT2D eigenvalue weighted by Crippen LogP contribution is -2.55. The lowest BCUT2D eigenvalue weighted by atomic mass is 10.00. The van der Waals surface area contributed by atoms with Crippen LogP contribution in [0.5, 0.6) is 0 Å². The number of nitrogens with zero attached hydrogens (tertiary/aromatic N) is 3. The number of carbonyl (C=O) groups excluding carboxylic acids is 2. The zero-order valence-corrected chi connectivity index (χ0v) is 18.6. The first-order valence-electron chi connectivity index (χ1n) is 10.7. The molecule has 0 aliphatic carbocycles. The highest BCUT2D eigenvalue weighted by Crippen LogP contribution is 2.37. The van der Waals surface area contributed by atoms with Gasteiger partial charge in [-0.3, -0.25) is 9.69 Å². The minimum absolute atomic E-state index is 0.0219. The molecule has 164 valence electrons. The Morgan fingerprint density at radius 1 is 1.06 bits per heavy atom. The number of rotatable bonds is 4. The average molecular weight is 442 g/mol. The molecule has 3 amide bonds. The zero-order valence-electron chi connectivity index (χ0n) is 17.8. The number of fused-ring (bicyclic) bond motifs is 1. The molecule has 1 fully saturated rings. The quantitative estimate of drug-likeness (QED) is 0.720. The van der Waals surface area contributed by atoms with Crippen LogP contribution in [-0.2, 0) is 14.8 Å². The molecule has 0 spiro atoms. The summed E-state index contributed by atoms with van der Waals surface area (Å²) in [5.74, 6) is -0.155. The molecule has 7 nitrogen and oxygen atoms in total. The number of aryl methyl sites for hydroxylation is 1. The Kier molecular flexibility index (Phi) is 5.75. The van der Waals surface area contributed by atoms with Crippen LogP contribution in [0.2, 0.25) is 0 Å². The van der Waals surface area contributed by atoms with E-state index >= 15 is 0 Å². The summed E-state index contributed by atoms with van der Waals surface area (Å²) < 4.78 is 27.4. The van der Waals surface area contributed by atoms with E-state index < -0.39 is 16.1 Å². The number of hydrogen-bond acceptors (Lipinski definition) is 4. The van der Waals surface area contributed by atoms with Crippen LogP contribution in [0.15, 0.2) is 53.4 Å². The predicted octanol–water partition coefficient (Wildman–Crippen LogP) is 3.92. The molecule has 1 saturated heterocycles. The van der Waals surface area contributed by atoms with Crippen molar-refractivity contribution < 1.29 is 18.0 Å². The average Bonchev–Trinajstić information content (AvgIpc) is 2.77. The summed E-state index contributed by atoms with van der Waals surface area (Å²) in [5.41, 5.74) is 1.45. The van der Waals surface area contributed by atoms with E-state index in [4.69, 9.17) is 0 Å². The SMILES string of the molecule is CC[C@@H]1CCCCN1C(=O)CN1C(=O)N(c2ccc(C)cc2)S(=O)(=O)c2ccccc21. The fourth-order valence-corrected chi connectivity index (χ4v) is 5.97. The summed E-state index contributed by atoms with van der Waals surface area (Å²) in [6, 6.07) is 12.5. The van der Waals surface area contributed by atoms with Crippen molar-refractivity contribution in [2.75, 3.05) is 22.3 Å². The first-order valence-corrected chi connectivity index (χ1v) is 12.1. The number of piperidine rings is 1. The van der Waals surface area contributed by atoms with Gasteiger partial charge < -0.3 is 4.90 Å². The van der Waals surface area contributed by atoms with E-state index in [0.29, 0.717) is 6.54 Å². The van der Waals surface area contributed by atoms with E-state index in [9.17, 15) is 18.0 Å². The molecule has 0 N–H and O–H groups in total. The molecule has 31 heavy (non-hydrogen) atoms. The molecule has 0 unspecified atom stereocenters. The van der Waals surface area contributed by atoms with E-state index in [0.717, 1.165) is 35.6 Å². The second-order valence-corrected chi connectivity index (χ2v) is 9.84. The number of sulfonamides is 1. The molecule has 0 bridgehead atoms. The first kappa shape index (κ1) is 21.4. The molecule has 2 aliphatic heterocycles. The van der Waals surface area contributed by atoms with Crippen LogP contribution in [-0.4, -0.2) is 44.4 Å². The Morgan fingerprint density at radius 2 is 1.77 bits per heavy atom. The van der Waals surface area contributed by atoms with E-state index in [1.54, 1.807) is 42.5 Å². The van der Waals surface area contributed by atoms with Crippen molar-refractivity contribution in [3.63, 3.8) is 0 Å². The van der Waals surface area contributed by atoms with Gasteiger partial charge in [-0.1, -0.05) is 36.8 Å². The van der Waals surface area contributed by atoms with Crippen molar-refractivity contribution in [3.05, 3.63) is 54.1 Å². The summed E-state index contributed by atoms with van der Waals surface area (Å²) in [4.78, 5) is 29.8. The Morgan fingerprint density at radius 3 is 2.48 bits per heavy atom. The molecular weight excluding hydrogens is 414 g/mol. The first-order chi connectivity index (χ1) is 14.8. The lowest BCUT2D eigenvalue weighted by Gasteiger charge is -2.39. The summed E-state index contributed by atoms with van der Waals surface area (Å²) in [6.45, 7) is 4.42. The number of anilines is 2. The smallest absolute Gasteiger partial charge is 0.338 e. The maximum Gasteiger partial charge on any atom is 0.343 e. The van der Waals surface area contributed by atoms with Crippen molar-refractivity contribution in [3.8, 4) is 0 Å². The van der Waals surface area contributed by atoms with Crippen LogP contribution in [0.1, 0.15) is 38.2 Å². The normalized spacial score (nSPS) is 20.5. The van der Waals surface area contributed by atoms with Gasteiger partial charge in [0, 0.05) is 12.6 Å². The Balaban J connectivity index is 1.74. The van der Waals surface area contributed by atoms with Crippen LogP contribution in [0.4, 0.5) is 16.2 Å². The third-order valence-corrected chi connectivity index (χ3v) is 7.81. The van der Waals surface area contributed by atoms with E-state index in [1.807, 2.05) is 11.8 Å². The molecule has 0 aromatic heterocycles. The molecule has 1 atom stereocenters. The topological polar surface area (TPSA) is 78.0 Å². The standard InChI is InChI=1S/C23H27N3O4S/c1-3-18-8-6-7-15-24(18)22(27)16-25-20-9-4-5-10-21(20)31(29,30)26(23(25)28)19-13-11-17(2)12-14-19/h4-5,9-14,18H,3,6-8,15-16H2,1-2H3/t18-/m1/s1. The van der Waals surface area contributed by atoms with Crippen LogP contribution in [0, 0.1) is 6.92 Å². The largest absolute Gasteiger partial charge is 0.343 e. The van der Waals surface area contributed by atoms with Gasteiger partial charge in [-0.25, -0.2) is 13.2 Å². The molecule has 8 heteroatoms. The van der Waals surface area contributed by atoms with E-state index in [-0.39, 0.29) is 34.8 Å². The van der Waals surface area contributed by atoms with Gasteiger partial charge in [-0.2, -0.15) is 4.31 Å². The van der Waals surface area contributed by atoms with Gasteiger partial charge in [0.25, 0.3) is 10.0 Å². The summed E-state index contributed by atoms with van der Waals surface area (Å²) in [6.07, 6.45) is 3.85. The van der Waals surface area contributed by atoms with Crippen molar-refractivity contribution in [2.24, 2.45) is 0 Å². The van der Waals surface area contributed by atoms with E-state index in [1.165, 1.54) is 11.0 Å². The maximum absolute atomic E-state index is 13.5. The van der Waals surface area contributed by atoms with E-state index in [2.05, 4.69) is 6.92 Å². The number of carbonyl (C=O) groups is 2. The molecule has 2 aromatic rings. The van der Waals surface area contributed by atoms with Gasteiger partial charge in [-0.05, 0) is 56.9 Å². The second-order valence-electron chi connectivity index (χ2n) is 8.09. The lowest BCUT2D eigenvalue weighted by molar-refractivity contribution is -0.133. The minimum atomic E-state index is -4.09. The minimum Gasteiger partial charge on any atom is -0.338 e. The van der Waals surface area contributed by atoms with Crippen molar-refractivity contribution in [1.29, 1.82) is 0 Å². The third kappa shape index (κ3) is 3.80. The van der Waals surface area contributed by atoms with Crippen LogP contribution >= 0.6 is 0 Å². The van der Waals surface area contributed by atoms with Gasteiger partial charge in [0.1, 0.15) is 11.4 Å². The van der Waals surface area contributed by atoms with Gasteiger partial charge in [0.05, 0.1) is 11.4 Å². The third-order valence-electron chi connectivity index (χ3n) is 6.06. The number of para-hydroxylation sites is 1. The molecular formula is C23H27N3O4S. The highest BCUT2D eigenvalue weighted by atomic mass is 32.2. The highest BCUT2D eigenvalue weighted by molar-refractivity contribution is 7.94.